The minimum atomic E-state index is -0.875. The van der Waals surface area contributed by atoms with Gasteiger partial charge in [-0.25, -0.2) is 0 Å². The number of carboxylic acids is 1. The van der Waals surface area contributed by atoms with Crippen LogP contribution in [-0.2, 0) is 14.4 Å². The summed E-state index contributed by atoms with van der Waals surface area (Å²) in [5.41, 5.74) is 0. The van der Waals surface area contributed by atoms with Gasteiger partial charge in [0.05, 0.1) is 5.88 Å². The van der Waals surface area contributed by atoms with E-state index in [0.29, 0.717) is 24.5 Å². The molecule has 1 heterocycles. The van der Waals surface area contributed by atoms with Crippen LogP contribution in [0.15, 0.2) is 0 Å². The Morgan fingerprint density at radius 3 is 2.74 bits per heavy atom. The molecule has 1 aliphatic rings. The molecule has 1 saturated heterocycles. The van der Waals surface area contributed by atoms with Crippen LogP contribution in [0, 0.1) is 0 Å². The summed E-state index contributed by atoms with van der Waals surface area (Å²) in [5.74, 6) is 0.0608. The van der Waals surface area contributed by atoms with Crippen LogP contribution in [0.2, 0.25) is 0 Å². The molecule has 108 valence electrons. The van der Waals surface area contributed by atoms with E-state index in [1.54, 1.807) is 30.5 Å². The SMILES string of the molecule is CCC(=O)N1CSCC1C(=O)NC(C)CCC(=O)O. The summed E-state index contributed by atoms with van der Waals surface area (Å²) < 4.78 is 0. The molecular weight excluding hydrogens is 268 g/mol. The number of thioether (sulfide) groups is 1. The quantitative estimate of drug-likeness (QED) is 0.750. The highest BCUT2D eigenvalue weighted by Crippen LogP contribution is 2.22. The van der Waals surface area contributed by atoms with E-state index in [2.05, 4.69) is 5.32 Å². The number of carboxylic acid groups (broad SMARTS) is 1. The molecule has 0 aromatic heterocycles. The maximum atomic E-state index is 12.1. The highest BCUT2D eigenvalue weighted by atomic mass is 32.2. The van der Waals surface area contributed by atoms with E-state index in [1.165, 1.54) is 0 Å². The first-order chi connectivity index (χ1) is 8.95. The normalized spacial score (nSPS) is 20.1. The van der Waals surface area contributed by atoms with Gasteiger partial charge in [0.2, 0.25) is 11.8 Å². The molecule has 19 heavy (non-hydrogen) atoms. The predicted octanol–water partition coefficient (Wildman–Crippen LogP) is 0.667. The molecule has 0 bridgehead atoms. The van der Waals surface area contributed by atoms with E-state index in [0.717, 1.165) is 0 Å². The van der Waals surface area contributed by atoms with Gasteiger partial charge in [0, 0.05) is 24.6 Å². The minimum Gasteiger partial charge on any atom is -0.481 e. The van der Waals surface area contributed by atoms with E-state index >= 15 is 0 Å². The Morgan fingerprint density at radius 2 is 2.16 bits per heavy atom. The van der Waals surface area contributed by atoms with Gasteiger partial charge in [-0.15, -0.1) is 11.8 Å². The van der Waals surface area contributed by atoms with Crippen molar-refractivity contribution in [1.29, 1.82) is 0 Å². The van der Waals surface area contributed by atoms with Gasteiger partial charge in [-0.3, -0.25) is 14.4 Å². The van der Waals surface area contributed by atoms with Gasteiger partial charge in [0.1, 0.15) is 6.04 Å². The van der Waals surface area contributed by atoms with Gasteiger partial charge in [-0.2, -0.15) is 0 Å². The standard InChI is InChI=1S/C12H20N2O4S/c1-3-10(15)14-7-19-6-9(14)12(18)13-8(2)4-5-11(16)17/h8-9H,3-7H2,1-2H3,(H,13,18)(H,16,17). The second-order valence-corrected chi connectivity index (χ2v) is 5.57. The maximum Gasteiger partial charge on any atom is 0.303 e. The van der Waals surface area contributed by atoms with Crippen LogP contribution >= 0.6 is 11.8 Å². The Bertz CT molecular complexity index is 362. The zero-order valence-corrected chi connectivity index (χ0v) is 12.0. The lowest BCUT2D eigenvalue weighted by Crippen LogP contribution is -2.49. The second kappa shape index (κ2) is 7.37. The molecule has 0 aromatic carbocycles. The van der Waals surface area contributed by atoms with Crippen molar-refractivity contribution in [2.75, 3.05) is 11.6 Å². The summed E-state index contributed by atoms with van der Waals surface area (Å²) in [6.07, 6.45) is 0.806. The Kier molecular flexibility index (Phi) is 6.14. The highest BCUT2D eigenvalue weighted by molar-refractivity contribution is 7.99. The van der Waals surface area contributed by atoms with Crippen molar-refractivity contribution in [1.82, 2.24) is 10.2 Å². The predicted molar refractivity (Wildman–Crippen MR) is 72.7 cm³/mol. The summed E-state index contributed by atoms with van der Waals surface area (Å²) in [5, 5.41) is 11.4. The van der Waals surface area contributed by atoms with E-state index in [4.69, 9.17) is 5.11 Å². The zero-order valence-electron chi connectivity index (χ0n) is 11.2. The topological polar surface area (TPSA) is 86.7 Å². The maximum absolute atomic E-state index is 12.1. The summed E-state index contributed by atoms with van der Waals surface area (Å²) in [6.45, 7) is 3.55. The molecule has 7 heteroatoms. The molecule has 6 nitrogen and oxygen atoms in total. The molecule has 0 saturated carbocycles. The monoisotopic (exact) mass is 288 g/mol. The number of amides is 2. The molecule has 0 radical (unpaired) electrons. The molecule has 1 aliphatic heterocycles. The summed E-state index contributed by atoms with van der Waals surface area (Å²) in [6, 6.07) is -0.627. The smallest absolute Gasteiger partial charge is 0.303 e. The van der Waals surface area contributed by atoms with Crippen LogP contribution in [-0.4, -0.2) is 51.5 Å². The number of aliphatic carboxylic acids is 1. The third kappa shape index (κ3) is 4.74. The van der Waals surface area contributed by atoms with Crippen LogP contribution in [0.3, 0.4) is 0 Å². The third-order valence-electron chi connectivity index (χ3n) is 2.99. The number of hydrogen-bond donors (Lipinski definition) is 2. The van der Waals surface area contributed by atoms with E-state index in [-0.39, 0.29) is 24.3 Å². The number of rotatable bonds is 6. The Balaban J connectivity index is 2.48. The Hall–Kier alpha value is -1.24. The van der Waals surface area contributed by atoms with Gasteiger partial charge in [0.15, 0.2) is 0 Å². The van der Waals surface area contributed by atoms with Crippen molar-refractivity contribution >= 4 is 29.5 Å². The van der Waals surface area contributed by atoms with E-state index in [1.807, 2.05) is 0 Å². The first-order valence-electron chi connectivity index (χ1n) is 6.35. The van der Waals surface area contributed by atoms with Crippen LogP contribution in [0.4, 0.5) is 0 Å². The van der Waals surface area contributed by atoms with Crippen LogP contribution in [0.25, 0.3) is 0 Å². The molecule has 1 rings (SSSR count). The number of carbonyl (C=O) groups excluding carboxylic acids is 2. The van der Waals surface area contributed by atoms with E-state index in [9.17, 15) is 14.4 Å². The average Bonchev–Trinajstić information content (AvgIpc) is 2.84. The van der Waals surface area contributed by atoms with Crippen molar-refractivity contribution in [2.24, 2.45) is 0 Å². The Morgan fingerprint density at radius 1 is 1.47 bits per heavy atom. The molecule has 1 fully saturated rings. The number of hydrogen-bond acceptors (Lipinski definition) is 4. The van der Waals surface area contributed by atoms with Gasteiger partial charge in [-0.1, -0.05) is 6.92 Å². The zero-order chi connectivity index (χ0) is 14.4. The van der Waals surface area contributed by atoms with Crippen molar-refractivity contribution in [2.45, 2.75) is 45.2 Å². The van der Waals surface area contributed by atoms with Gasteiger partial charge < -0.3 is 15.3 Å². The molecule has 2 atom stereocenters. The van der Waals surface area contributed by atoms with Crippen LogP contribution < -0.4 is 5.32 Å². The first kappa shape index (κ1) is 15.8. The minimum absolute atomic E-state index is 0.0247. The van der Waals surface area contributed by atoms with Gasteiger partial charge in [0.25, 0.3) is 0 Å². The second-order valence-electron chi connectivity index (χ2n) is 4.57. The summed E-state index contributed by atoms with van der Waals surface area (Å²) in [4.78, 5) is 35.8. The van der Waals surface area contributed by atoms with E-state index < -0.39 is 12.0 Å². The lowest BCUT2D eigenvalue weighted by molar-refractivity contribution is -0.138. The molecule has 2 amide bonds. The summed E-state index contributed by atoms with van der Waals surface area (Å²) >= 11 is 1.56. The lowest BCUT2D eigenvalue weighted by Gasteiger charge is -2.24. The molecule has 2 N–H and O–H groups in total. The molecular formula is C12H20N2O4S. The lowest BCUT2D eigenvalue weighted by atomic mass is 10.1. The molecule has 0 aliphatic carbocycles. The first-order valence-corrected chi connectivity index (χ1v) is 7.50. The van der Waals surface area contributed by atoms with Crippen molar-refractivity contribution < 1.29 is 19.5 Å². The summed E-state index contributed by atoms with van der Waals surface area (Å²) in [7, 11) is 0. The van der Waals surface area contributed by atoms with Crippen molar-refractivity contribution in [3.63, 3.8) is 0 Å². The fourth-order valence-corrected chi connectivity index (χ4v) is 3.04. The molecule has 0 spiro atoms. The van der Waals surface area contributed by atoms with Crippen molar-refractivity contribution in [3.05, 3.63) is 0 Å². The largest absolute Gasteiger partial charge is 0.481 e. The van der Waals surface area contributed by atoms with Gasteiger partial charge >= 0.3 is 5.97 Å². The highest BCUT2D eigenvalue weighted by Gasteiger charge is 2.34. The number of nitrogens with one attached hydrogen (secondary N) is 1. The molecule has 2 unspecified atom stereocenters. The fourth-order valence-electron chi connectivity index (χ4n) is 1.86. The Labute approximate surface area is 116 Å². The van der Waals surface area contributed by atoms with Crippen molar-refractivity contribution in [3.8, 4) is 0 Å². The third-order valence-corrected chi connectivity index (χ3v) is 4.00. The van der Waals surface area contributed by atoms with Gasteiger partial charge in [-0.05, 0) is 13.3 Å². The number of nitrogens with zero attached hydrogens (tertiary/aromatic N) is 1. The molecule has 0 aromatic rings. The average molecular weight is 288 g/mol. The van der Waals surface area contributed by atoms with Crippen LogP contribution in [0.1, 0.15) is 33.1 Å². The number of carbonyl (C=O) groups is 3. The fraction of sp³-hybridized carbons (Fsp3) is 0.750. The van der Waals surface area contributed by atoms with Crippen LogP contribution in [0.5, 0.6) is 0 Å².